The number of carbonyl (C=O) groups is 1. The first-order valence-corrected chi connectivity index (χ1v) is 11.9. The van der Waals surface area contributed by atoms with Gasteiger partial charge < -0.3 is 10.1 Å². The van der Waals surface area contributed by atoms with Gasteiger partial charge in [-0.25, -0.2) is 13.1 Å². The Morgan fingerprint density at radius 1 is 1.37 bits per heavy atom. The van der Waals surface area contributed by atoms with Crippen LogP contribution >= 0.6 is 11.8 Å². The highest BCUT2D eigenvalue weighted by atomic mass is 32.2. The van der Waals surface area contributed by atoms with Crippen LogP contribution in [0, 0.1) is 0 Å². The number of thioether (sulfide) groups is 1. The van der Waals surface area contributed by atoms with E-state index in [1.807, 2.05) is 13.0 Å². The van der Waals surface area contributed by atoms with Crippen molar-refractivity contribution in [2.45, 2.75) is 30.9 Å². The summed E-state index contributed by atoms with van der Waals surface area (Å²) in [6.07, 6.45) is 0.522. The summed E-state index contributed by atoms with van der Waals surface area (Å²) in [5.74, 6) is 2.64. The van der Waals surface area contributed by atoms with Gasteiger partial charge in [0.25, 0.3) is 5.91 Å². The fraction of sp³-hybridized carbons (Fsp3) is 0.444. The van der Waals surface area contributed by atoms with Gasteiger partial charge in [-0.05, 0) is 25.5 Å². The van der Waals surface area contributed by atoms with E-state index >= 15 is 0 Å². The summed E-state index contributed by atoms with van der Waals surface area (Å²) in [5.41, 5.74) is 2.37. The third-order valence-corrected chi connectivity index (χ3v) is 7.52. The molecule has 4 rings (SSSR count). The number of rotatable bonds is 5. The lowest BCUT2D eigenvalue weighted by atomic mass is 10.1. The van der Waals surface area contributed by atoms with Crippen molar-refractivity contribution in [3.8, 4) is 5.75 Å². The number of benzene rings is 1. The molecule has 27 heavy (non-hydrogen) atoms. The van der Waals surface area contributed by atoms with Crippen LogP contribution in [0.15, 0.2) is 24.3 Å². The van der Waals surface area contributed by atoms with Crippen LogP contribution < -0.4 is 10.1 Å². The van der Waals surface area contributed by atoms with E-state index in [-0.39, 0.29) is 23.5 Å². The van der Waals surface area contributed by atoms with Crippen LogP contribution in [-0.2, 0) is 21.3 Å². The molecule has 1 atom stereocenters. The molecule has 1 unspecified atom stereocenters. The van der Waals surface area contributed by atoms with Crippen molar-refractivity contribution < 1.29 is 17.9 Å². The van der Waals surface area contributed by atoms with Crippen molar-refractivity contribution in [3.05, 3.63) is 41.1 Å². The molecule has 9 heteroatoms. The highest BCUT2D eigenvalue weighted by molar-refractivity contribution is 7.98. The maximum Gasteiger partial charge on any atom is 0.260 e. The molecule has 7 nitrogen and oxygen atoms in total. The van der Waals surface area contributed by atoms with E-state index in [9.17, 15) is 13.2 Å². The molecule has 0 saturated carbocycles. The fourth-order valence-electron chi connectivity index (χ4n) is 3.51. The van der Waals surface area contributed by atoms with E-state index in [4.69, 9.17) is 4.74 Å². The minimum absolute atomic E-state index is 0.0686. The number of sulfone groups is 1. The van der Waals surface area contributed by atoms with E-state index in [1.54, 1.807) is 34.6 Å². The van der Waals surface area contributed by atoms with Crippen LogP contribution in [0.1, 0.15) is 41.0 Å². The van der Waals surface area contributed by atoms with Crippen molar-refractivity contribution in [1.82, 2.24) is 9.78 Å². The molecule has 3 heterocycles. The molecule has 0 bridgehead atoms. The van der Waals surface area contributed by atoms with Crippen molar-refractivity contribution >= 4 is 33.3 Å². The molecule has 1 aromatic heterocycles. The summed E-state index contributed by atoms with van der Waals surface area (Å²) in [6, 6.07) is 6.86. The lowest BCUT2D eigenvalue weighted by Gasteiger charge is -2.16. The lowest BCUT2D eigenvalue weighted by Crippen LogP contribution is -2.21. The summed E-state index contributed by atoms with van der Waals surface area (Å²) < 4.78 is 31.1. The summed E-state index contributed by atoms with van der Waals surface area (Å²) in [5, 5.41) is 7.61. The Morgan fingerprint density at radius 2 is 2.19 bits per heavy atom. The van der Waals surface area contributed by atoms with Crippen LogP contribution in [0.5, 0.6) is 5.75 Å². The average molecular weight is 408 g/mol. The summed E-state index contributed by atoms with van der Waals surface area (Å²) in [6.45, 7) is 2.34. The van der Waals surface area contributed by atoms with E-state index in [1.165, 1.54) is 0 Å². The molecule has 2 aromatic rings. The summed E-state index contributed by atoms with van der Waals surface area (Å²) >= 11 is 1.74. The molecule has 2 aliphatic heterocycles. The number of fused-ring (bicyclic) bond motifs is 1. The van der Waals surface area contributed by atoms with Crippen LogP contribution in [0.3, 0.4) is 0 Å². The van der Waals surface area contributed by atoms with Gasteiger partial charge in [0.05, 0.1) is 35.4 Å². The smallest absolute Gasteiger partial charge is 0.260 e. The van der Waals surface area contributed by atoms with Crippen LogP contribution in [0.25, 0.3) is 0 Å². The SMILES string of the molecule is CCOc1ccccc1C(=O)Nc1c2c(nn1C1CCS(=O)(=O)C1)CSC2. The maximum absolute atomic E-state index is 12.9. The first-order valence-electron chi connectivity index (χ1n) is 8.90. The number of para-hydroxylation sites is 1. The van der Waals surface area contributed by atoms with E-state index in [0.29, 0.717) is 30.2 Å². The highest BCUT2D eigenvalue weighted by Crippen LogP contribution is 2.38. The Hall–Kier alpha value is -2.00. The average Bonchev–Trinajstić information content (AvgIpc) is 3.31. The van der Waals surface area contributed by atoms with Gasteiger partial charge >= 0.3 is 0 Å². The molecule has 1 amide bonds. The summed E-state index contributed by atoms with van der Waals surface area (Å²) in [4.78, 5) is 12.9. The van der Waals surface area contributed by atoms with Gasteiger partial charge in [0.1, 0.15) is 11.6 Å². The zero-order valence-corrected chi connectivity index (χ0v) is 16.6. The number of carbonyl (C=O) groups excluding carboxylic acids is 1. The number of ether oxygens (including phenoxy) is 1. The number of aromatic nitrogens is 2. The number of hydrogen-bond donors (Lipinski definition) is 1. The van der Waals surface area contributed by atoms with E-state index < -0.39 is 9.84 Å². The number of amides is 1. The largest absolute Gasteiger partial charge is 0.493 e. The van der Waals surface area contributed by atoms with Gasteiger partial charge in [0.15, 0.2) is 9.84 Å². The number of nitrogens with zero attached hydrogens (tertiary/aromatic N) is 2. The molecule has 1 aromatic carbocycles. The number of nitrogens with one attached hydrogen (secondary N) is 1. The van der Waals surface area contributed by atoms with Gasteiger partial charge in [-0.2, -0.15) is 16.9 Å². The zero-order chi connectivity index (χ0) is 19.0. The van der Waals surface area contributed by atoms with E-state index in [2.05, 4.69) is 10.4 Å². The minimum Gasteiger partial charge on any atom is -0.493 e. The fourth-order valence-corrected chi connectivity index (χ4v) is 6.24. The van der Waals surface area contributed by atoms with Crippen molar-refractivity contribution in [1.29, 1.82) is 0 Å². The second-order valence-corrected chi connectivity index (χ2v) is 9.87. The zero-order valence-electron chi connectivity index (χ0n) is 15.0. The third kappa shape index (κ3) is 3.58. The summed E-state index contributed by atoms with van der Waals surface area (Å²) in [7, 11) is -3.05. The second-order valence-electron chi connectivity index (χ2n) is 6.65. The molecule has 2 aliphatic rings. The number of hydrogen-bond acceptors (Lipinski definition) is 6. The minimum atomic E-state index is -3.05. The maximum atomic E-state index is 12.9. The van der Waals surface area contributed by atoms with Crippen LogP contribution in [0.4, 0.5) is 5.82 Å². The Morgan fingerprint density at radius 3 is 2.93 bits per heavy atom. The molecule has 1 saturated heterocycles. The lowest BCUT2D eigenvalue weighted by molar-refractivity contribution is 0.102. The van der Waals surface area contributed by atoms with Gasteiger partial charge in [-0.15, -0.1) is 0 Å². The standard InChI is InChI=1S/C18H21N3O4S2/c1-2-25-16-6-4-3-5-13(16)18(22)19-17-14-9-26-10-15(14)20-21(17)12-7-8-27(23,24)11-12/h3-6,12H,2,7-11H2,1H3,(H,19,22). The van der Waals surface area contributed by atoms with E-state index in [0.717, 1.165) is 22.8 Å². The molecule has 0 radical (unpaired) electrons. The number of anilines is 1. The predicted octanol–water partition coefficient (Wildman–Crippen LogP) is 2.64. The Balaban J connectivity index is 1.67. The molecular formula is C18H21N3O4S2. The molecule has 1 N–H and O–H groups in total. The highest BCUT2D eigenvalue weighted by Gasteiger charge is 2.34. The van der Waals surface area contributed by atoms with Crippen molar-refractivity contribution in [3.63, 3.8) is 0 Å². The first kappa shape index (κ1) is 18.4. The van der Waals surface area contributed by atoms with Gasteiger partial charge in [0, 0.05) is 17.1 Å². The quantitative estimate of drug-likeness (QED) is 0.819. The normalized spacial score (nSPS) is 20.4. The molecular weight excluding hydrogens is 386 g/mol. The first-order chi connectivity index (χ1) is 13.0. The third-order valence-electron chi connectivity index (χ3n) is 4.79. The van der Waals surface area contributed by atoms with Gasteiger partial charge in [-0.3, -0.25) is 4.79 Å². The Bertz CT molecular complexity index is 984. The Kier molecular flexibility index (Phi) is 4.90. The van der Waals surface area contributed by atoms with Crippen molar-refractivity contribution in [2.24, 2.45) is 0 Å². The predicted molar refractivity (Wildman–Crippen MR) is 105 cm³/mol. The second kappa shape index (κ2) is 7.20. The van der Waals surface area contributed by atoms with Crippen LogP contribution in [0.2, 0.25) is 0 Å². The molecule has 1 fully saturated rings. The topological polar surface area (TPSA) is 90.3 Å². The molecule has 0 aliphatic carbocycles. The monoisotopic (exact) mass is 407 g/mol. The van der Waals surface area contributed by atoms with Gasteiger partial charge in [-0.1, -0.05) is 12.1 Å². The van der Waals surface area contributed by atoms with Gasteiger partial charge in [0.2, 0.25) is 0 Å². The molecule has 144 valence electrons. The molecule has 0 spiro atoms. The van der Waals surface area contributed by atoms with Crippen LogP contribution in [-0.4, -0.2) is 42.2 Å². The Labute approximate surface area is 162 Å². The van der Waals surface area contributed by atoms with Crippen molar-refractivity contribution in [2.75, 3.05) is 23.4 Å².